The lowest BCUT2D eigenvalue weighted by Gasteiger charge is -2.15. The Morgan fingerprint density at radius 1 is 1.44 bits per heavy atom. The number of oxazole rings is 1. The number of ether oxygens (including phenoxy) is 1. The van der Waals surface area contributed by atoms with E-state index >= 15 is 0 Å². The van der Waals surface area contributed by atoms with Crippen molar-refractivity contribution in [3.05, 3.63) is 29.5 Å². The topological polar surface area (TPSA) is 97.1 Å². The molecule has 134 valence electrons. The van der Waals surface area contributed by atoms with Gasteiger partial charge in [-0.1, -0.05) is 6.92 Å². The molecule has 1 N–H and O–H groups in total. The Balaban J connectivity index is 1.55. The Kier molecular flexibility index (Phi) is 4.29. The highest BCUT2D eigenvalue weighted by Gasteiger charge is 2.46. The molecule has 2 aliphatic rings. The van der Waals surface area contributed by atoms with Gasteiger partial charge in [-0.15, -0.1) is 0 Å². The summed E-state index contributed by atoms with van der Waals surface area (Å²) in [5, 5.41) is 7.32. The van der Waals surface area contributed by atoms with Crippen molar-refractivity contribution in [2.45, 2.75) is 38.7 Å². The molecule has 1 amide bonds. The summed E-state index contributed by atoms with van der Waals surface area (Å²) in [5.74, 6) is 3.34. The van der Waals surface area contributed by atoms with Gasteiger partial charge in [0.25, 0.3) is 5.91 Å². The first-order chi connectivity index (χ1) is 12.2. The molecule has 1 saturated heterocycles. The van der Waals surface area contributed by atoms with E-state index in [1.807, 2.05) is 11.8 Å². The summed E-state index contributed by atoms with van der Waals surface area (Å²) in [6.07, 6.45) is 4.46. The van der Waals surface area contributed by atoms with E-state index in [9.17, 15) is 4.79 Å². The Morgan fingerprint density at radius 3 is 3.00 bits per heavy atom. The molecule has 25 heavy (non-hydrogen) atoms. The van der Waals surface area contributed by atoms with E-state index in [0.29, 0.717) is 42.9 Å². The molecule has 0 radical (unpaired) electrons. The number of rotatable bonds is 6. The number of nitrogens with zero attached hydrogens (tertiary/aromatic N) is 4. The maximum atomic E-state index is 12.9. The van der Waals surface area contributed by atoms with Crippen LogP contribution in [0.4, 0.5) is 0 Å². The van der Waals surface area contributed by atoms with Crippen LogP contribution in [0.3, 0.4) is 0 Å². The lowest BCUT2D eigenvalue weighted by atomic mass is 9.91. The minimum atomic E-state index is -0.0496. The number of methoxy groups -OCH3 is 1. The molecule has 1 saturated carbocycles. The Hall–Kier alpha value is -2.22. The highest BCUT2D eigenvalue weighted by molar-refractivity contribution is 5.93. The fourth-order valence-corrected chi connectivity index (χ4v) is 3.79. The Labute approximate surface area is 146 Å². The summed E-state index contributed by atoms with van der Waals surface area (Å²) in [4.78, 5) is 23.5. The number of hydrogen-bond acceptors (Lipinski definition) is 6. The number of carbonyl (C=O) groups is 1. The molecule has 1 aliphatic carbocycles. The minimum absolute atomic E-state index is 0.0496. The van der Waals surface area contributed by atoms with Crippen molar-refractivity contribution < 1.29 is 13.9 Å². The summed E-state index contributed by atoms with van der Waals surface area (Å²) in [6.45, 7) is 3.73. The van der Waals surface area contributed by atoms with E-state index in [1.54, 1.807) is 7.11 Å². The van der Waals surface area contributed by atoms with Crippen LogP contribution in [0.1, 0.15) is 53.6 Å². The number of amides is 1. The zero-order chi connectivity index (χ0) is 17.4. The first-order valence-electron chi connectivity index (χ1n) is 8.83. The third-order valence-electron chi connectivity index (χ3n) is 5.21. The number of aromatic amines is 1. The summed E-state index contributed by atoms with van der Waals surface area (Å²) >= 11 is 0. The molecule has 1 aliphatic heterocycles. The van der Waals surface area contributed by atoms with Crippen molar-refractivity contribution in [3.63, 3.8) is 0 Å². The number of aromatic nitrogens is 4. The highest BCUT2D eigenvalue weighted by atomic mass is 16.5. The number of H-pyrrole nitrogens is 1. The van der Waals surface area contributed by atoms with Gasteiger partial charge in [0.1, 0.15) is 12.4 Å². The first kappa shape index (κ1) is 16.3. The molecule has 0 aromatic carbocycles. The number of likely N-dealkylation sites (tertiary alicyclic amines) is 1. The van der Waals surface area contributed by atoms with Gasteiger partial charge in [0.15, 0.2) is 23.7 Å². The fraction of sp³-hybridized carbons (Fsp3) is 0.647. The molecule has 0 spiro atoms. The van der Waals surface area contributed by atoms with Gasteiger partial charge < -0.3 is 14.1 Å². The van der Waals surface area contributed by atoms with Crippen LogP contribution in [0.25, 0.3) is 0 Å². The smallest absolute Gasteiger partial charge is 0.276 e. The van der Waals surface area contributed by atoms with E-state index in [0.717, 1.165) is 18.2 Å². The Morgan fingerprint density at radius 2 is 2.28 bits per heavy atom. The van der Waals surface area contributed by atoms with Crippen LogP contribution in [0.15, 0.2) is 10.8 Å². The summed E-state index contributed by atoms with van der Waals surface area (Å²) in [6, 6.07) is 0. The number of aryl methyl sites for hydroxylation is 1. The third-order valence-corrected chi connectivity index (χ3v) is 5.21. The van der Waals surface area contributed by atoms with Crippen LogP contribution in [-0.2, 0) is 17.8 Å². The monoisotopic (exact) mass is 345 g/mol. The molecule has 2 atom stereocenters. The predicted molar refractivity (Wildman–Crippen MR) is 87.8 cm³/mol. The van der Waals surface area contributed by atoms with Crippen molar-refractivity contribution in [2.24, 2.45) is 11.8 Å². The van der Waals surface area contributed by atoms with E-state index in [4.69, 9.17) is 9.15 Å². The van der Waals surface area contributed by atoms with Gasteiger partial charge in [0.2, 0.25) is 0 Å². The van der Waals surface area contributed by atoms with Crippen LogP contribution in [0, 0.1) is 11.8 Å². The zero-order valence-electron chi connectivity index (χ0n) is 14.6. The molecule has 0 bridgehead atoms. The minimum Gasteiger partial charge on any atom is -0.448 e. The van der Waals surface area contributed by atoms with E-state index in [2.05, 4.69) is 20.2 Å². The van der Waals surface area contributed by atoms with Gasteiger partial charge in [-0.3, -0.25) is 9.89 Å². The largest absolute Gasteiger partial charge is 0.448 e. The van der Waals surface area contributed by atoms with Gasteiger partial charge in [0, 0.05) is 32.5 Å². The summed E-state index contributed by atoms with van der Waals surface area (Å²) in [7, 11) is 1.63. The standard InChI is InChI=1S/C17H23N5O3/c1-3-13-15(18-9-25-13)17(23)22-6-11(10-4-5-10)12(7-22)16-19-14(8-24-2)20-21-16/h9-12H,3-8H2,1-2H3,(H,19,20,21)/t11-,12+/m1/s1. The van der Waals surface area contributed by atoms with Crippen LogP contribution < -0.4 is 0 Å². The second-order valence-corrected chi connectivity index (χ2v) is 6.87. The molecule has 3 heterocycles. The van der Waals surface area contributed by atoms with Crippen molar-refractivity contribution in [1.82, 2.24) is 25.1 Å². The quantitative estimate of drug-likeness (QED) is 0.857. The first-order valence-corrected chi connectivity index (χ1v) is 8.83. The Bertz CT molecular complexity index is 751. The van der Waals surface area contributed by atoms with Crippen LogP contribution in [-0.4, -0.2) is 51.2 Å². The lowest BCUT2D eigenvalue weighted by Crippen LogP contribution is -2.30. The van der Waals surface area contributed by atoms with Crippen molar-refractivity contribution in [3.8, 4) is 0 Å². The second kappa shape index (κ2) is 6.59. The molecule has 2 fully saturated rings. The highest BCUT2D eigenvalue weighted by Crippen LogP contribution is 2.47. The fourth-order valence-electron chi connectivity index (χ4n) is 3.79. The molecule has 8 nitrogen and oxygen atoms in total. The molecule has 8 heteroatoms. The number of carbonyl (C=O) groups excluding carboxylic acids is 1. The van der Waals surface area contributed by atoms with Crippen LogP contribution >= 0.6 is 0 Å². The summed E-state index contributed by atoms with van der Waals surface area (Å²) in [5.41, 5.74) is 0.438. The SMILES string of the molecule is CCc1ocnc1C(=O)N1C[C@H](c2n[nH]c(COC)n2)[C@@H](C2CC2)C1. The zero-order valence-corrected chi connectivity index (χ0v) is 14.6. The average molecular weight is 345 g/mol. The van der Waals surface area contributed by atoms with Gasteiger partial charge in [-0.05, 0) is 24.7 Å². The van der Waals surface area contributed by atoms with Crippen molar-refractivity contribution >= 4 is 5.91 Å². The molecule has 4 rings (SSSR count). The molecule has 2 aromatic heterocycles. The van der Waals surface area contributed by atoms with Gasteiger partial charge in [-0.25, -0.2) is 9.97 Å². The van der Waals surface area contributed by atoms with E-state index < -0.39 is 0 Å². The predicted octanol–water partition coefficient (Wildman–Crippen LogP) is 1.77. The van der Waals surface area contributed by atoms with Crippen molar-refractivity contribution in [2.75, 3.05) is 20.2 Å². The average Bonchev–Trinajstić information content (AvgIpc) is 3.05. The summed E-state index contributed by atoms with van der Waals surface area (Å²) < 4.78 is 10.4. The molecular formula is C17H23N5O3. The molecular weight excluding hydrogens is 322 g/mol. The lowest BCUT2D eigenvalue weighted by molar-refractivity contribution is 0.0777. The number of nitrogens with one attached hydrogen (secondary N) is 1. The molecule has 2 aromatic rings. The van der Waals surface area contributed by atoms with Crippen LogP contribution in [0.5, 0.6) is 0 Å². The van der Waals surface area contributed by atoms with E-state index in [-0.39, 0.29) is 11.8 Å². The maximum Gasteiger partial charge on any atom is 0.276 e. The van der Waals surface area contributed by atoms with Gasteiger partial charge >= 0.3 is 0 Å². The van der Waals surface area contributed by atoms with Gasteiger partial charge in [0.05, 0.1) is 0 Å². The third kappa shape index (κ3) is 3.06. The van der Waals surface area contributed by atoms with Gasteiger partial charge in [-0.2, -0.15) is 5.10 Å². The second-order valence-electron chi connectivity index (χ2n) is 6.87. The molecule has 0 unspecified atom stereocenters. The van der Waals surface area contributed by atoms with Crippen LogP contribution in [0.2, 0.25) is 0 Å². The van der Waals surface area contributed by atoms with Crippen molar-refractivity contribution in [1.29, 1.82) is 0 Å². The maximum absolute atomic E-state index is 12.9. The normalized spacial score (nSPS) is 23.4. The number of hydrogen-bond donors (Lipinski definition) is 1. The van der Waals surface area contributed by atoms with E-state index in [1.165, 1.54) is 19.2 Å².